The van der Waals surface area contributed by atoms with E-state index in [9.17, 15) is 18.9 Å². The van der Waals surface area contributed by atoms with Crippen LogP contribution in [-0.2, 0) is 9.84 Å². The summed E-state index contributed by atoms with van der Waals surface area (Å²) in [4.78, 5) is 29.8. The minimum absolute atomic E-state index is 0.0571. The lowest BCUT2D eigenvalue weighted by atomic mass is 9.96. The maximum Gasteiger partial charge on any atom is 0.250 e. The van der Waals surface area contributed by atoms with Gasteiger partial charge in [0.05, 0.1) is 0 Å². The van der Waals surface area contributed by atoms with Crippen molar-refractivity contribution >= 4 is 56.2 Å². The molecule has 4 N–H and O–H groups in total. The van der Waals surface area contributed by atoms with Crippen LogP contribution in [0.3, 0.4) is 0 Å². The second kappa shape index (κ2) is 19.0. The highest BCUT2D eigenvalue weighted by atomic mass is 32.2. The molecule has 0 amide bonds. The van der Waals surface area contributed by atoms with Crippen LogP contribution in [-0.4, -0.2) is 98.4 Å². The van der Waals surface area contributed by atoms with Gasteiger partial charge in [0.15, 0.2) is 40.1 Å². The molecule has 0 atom stereocenters. The predicted molar refractivity (Wildman–Crippen MR) is 244 cm³/mol. The number of sulfone groups is 1. The lowest BCUT2D eigenvalue weighted by Gasteiger charge is -2.28. The molecule has 20 heteroatoms. The molecule has 0 bridgehead atoms. The molecule has 6 aromatic rings. The van der Waals surface area contributed by atoms with Crippen LogP contribution in [0.2, 0.25) is 0 Å². The number of hydrogen-bond acceptors (Lipinski definition) is 17. The molecule has 0 radical (unpaired) electrons. The Hall–Kier alpha value is -6.64. The van der Waals surface area contributed by atoms with Crippen molar-refractivity contribution in [3.63, 3.8) is 0 Å². The lowest BCUT2D eigenvalue weighted by Crippen LogP contribution is -2.31. The second-order valence-corrected chi connectivity index (χ2v) is 19.8. The summed E-state index contributed by atoms with van der Waals surface area (Å²) >= 11 is 1.45. The van der Waals surface area contributed by atoms with E-state index in [4.69, 9.17) is 0 Å². The van der Waals surface area contributed by atoms with Crippen molar-refractivity contribution in [3.05, 3.63) is 71.3 Å². The molecule has 0 saturated carbocycles. The molecule has 0 aliphatic heterocycles. The van der Waals surface area contributed by atoms with E-state index in [0.29, 0.717) is 46.2 Å². The summed E-state index contributed by atoms with van der Waals surface area (Å²) in [7, 11) is 0.0166. The molecule has 18 nitrogen and oxygen atoms in total. The molecule has 0 spiro atoms. The van der Waals surface area contributed by atoms with Gasteiger partial charge < -0.3 is 20.4 Å². The standard InChI is InChI=1S/C21H26N8O2S.C21H26N8S/c1-13-7-8-14(17-23-12-24-28-17)9-16(13)25-18-15(10-22)19(29(5)11-21(2,3)4)27-20(26-18)32(6,30)31;1-13-7-8-14(17-23-12-24-28-17)9-16(13)25-18-15(10-22)19(27-20(26-18)30-6)29(5)11-21(2,3)4/h7-9,12H,11H2,1-6H3,(H,23,24,28)(H,25,26,27);7-9,12H,11H2,1-6H3,(H,23,24,28)(H,25,26,27). The summed E-state index contributed by atoms with van der Waals surface area (Å²) in [5.41, 5.74) is 5.60. The first-order valence-corrected chi connectivity index (χ1v) is 22.5. The summed E-state index contributed by atoms with van der Waals surface area (Å²) in [5.74, 6) is 2.75. The molecule has 0 unspecified atom stereocenters. The Bertz CT molecular complexity index is 2710. The minimum atomic E-state index is -3.72. The van der Waals surface area contributed by atoms with Crippen LogP contribution >= 0.6 is 11.8 Å². The summed E-state index contributed by atoms with van der Waals surface area (Å²) in [6.45, 7) is 17.8. The van der Waals surface area contributed by atoms with Gasteiger partial charge in [-0.3, -0.25) is 10.2 Å². The van der Waals surface area contributed by atoms with E-state index in [-0.39, 0.29) is 33.2 Å². The monoisotopic (exact) mass is 876 g/mol. The lowest BCUT2D eigenvalue weighted by molar-refractivity contribution is 0.417. The Morgan fingerprint density at radius 2 is 1.15 bits per heavy atom. The molecule has 6 rings (SSSR count). The van der Waals surface area contributed by atoms with Crippen molar-refractivity contribution < 1.29 is 8.42 Å². The quantitative estimate of drug-likeness (QED) is 0.0688. The zero-order valence-electron chi connectivity index (χ0n) is 37.0. The molecule has 4 heterocycles. The highest BCUT2D eigenvalue weighted by Crippen LogP contribution is 2.34. The normalized spacial score (nSPS) is 11.5. The predicted octanol–water partition coefficient (Wildman–Crippen LogP) is 7.46. The molecule has 62 heavy (non-hydrogen) atoms. The van der Waals surface area contributed by atoms with Gasteiger partial charge in [-0.15, -0.1) is 0 Å². The van der Waals surface area contributed by atoms with E-state index >= 15 is 0 Å². The number of thioether (sulfide) groups is 1. The summed E-state index contributed by atoms with van der Waals surface area (Å²) in [6.07, 6.45) is 5.86. The molecule has 0 aliphatic carbocycles. The Morgan fingerprint density at radius 3 is 1.52 bits per heavy atom. The fourth-order valence-corrected chi connectivity index (χ4v) is 7.25. The van der Waals surface area contributed by atoms with Crippen LogP contribution in [0, 0.1) is 47.3 Å². The summed E-state index contributed by atoms with van der Waals surface area (Å²) in [5, 5.41) is 40.1. The number of H-pyrrole nitrogens is 2. The SMILES string of the molecule is CSc1nc(Nc2cc(-c3ncn[nH]3)ccc2C)c(C#N)c(N(C)CC(C)(C)C)n1.Cc1ccc(-c2ncn[nH]2)cc1Nc1nc(S(C)(=O)=O)nc(N(C)CC(C)(C)C)c1C#N. The number of aryl methyl sites for hydroxylation is 2. The van der Waals surface area contributed by atoms with Gasteiger partial charge >= 0.3 is 0 Å². The van der Waals surface area contributed by atoms with E-state index in [1.165, 1.54) is 24.4 Å². The van der Waals surface area contributed by atoms with Crippen molar-refractivity contribution in [1.82, 2.24) is 50.3 Å². The highest BCUT2D eigenvalue weighted by Gasteiger charge is 2.26. The first kappa shape index (κ1) is 46.4. The van der Waals surface area contributed by atoms with Crippen LogP contribution < -0.4 is 20.4 Å². The van der Waals surface area contributed by atoms with Gasteiger partial charge in [0.25, 0.3) is 5.16 Å². The Labute approximate surface area is 367 Å². The maximum absolute atomic E-state index is 12.3. The van der Waals surface area contributed by atoms with Crippen molar-refractivity contribution in [3.8, 4) is 34.9 Å². The first-order chi connectivity index (χ1) is 29.1. The van der Waals surface area contributed by atoms with E-state index in [2.05, 4.69) is 93.8 Å². The number of nitrogens with one attached hydrogen (secondary N) is 4. The van der Waals surface area contributed by atoms with Gasteiger partial charge in [0.2, 0.25) is 9.84 Å². The van der Waals surface area contributed by atoms with Gasteiger partial charge in [0.1, 0.15) is 35.9 Å². The number of anilines is 6. The van der Waals surface area contributed by atoms with Crippen molar-refractivity contribution in [2.24, 2.45) is 10.8 Å². The summed E-state index contributed by atoms with van der Waals surface area (Å²) < 4.78 is 24.6. The van der Waals surface area contributed by atoms with Gasteiger partial charge in [-0.1, -0.05) is 77.6 Å². The fourth-order valence-electron chi connectivity index (χ4n) is 6.38. The Balaban J connectivity index is 0.000000235. The average Bonchev–Trinajstić information content (AvgIpc) is 3.94. The van der Waals surface area contributed by atoms with E-state index in [0.717, 1.165) is 40.7 Å². The molecule has 0 aliphatic rings. The number of aromatic nitrogens is 10. The van der Waals surface area contributed by atoms with Crippen LogP contribution in [0.5, 0.6) is 0 Å². The largest absolute Gasteiger partial charge is 0.358 e. The van der Waals surface area contributed by atoms with E-state index < -0.39 is 9.84 Å². The molecule has 324 valence electrons. The van der Waals surface area contributed by atoms with Gasteiger partial charge in [-0.05, 0) is 54.2 Å². The molecule has 0 saturated heterocycles. The van der Waals surface area contributed by atoms with Crippen LogP contribution in [0.25, 0.3) is 22.8 Å². The molecular formula is C42H52N16O2S2. The minimum Gasteiger partial charge on any atom is -0.358 e. The smallest absolute Gasteiger partial charge is 0.250 e. The third-order valence-corrected chi connectivity index (χ3v) is 10.4. The highest BCUT2D eigenvalue weighted by molar-refractivity contribution is 7.98. The topological polar surface area (TPSA) is 247 Å². The van der Waals surface area contributed by atoms with Gasteiger partial charge in [-0.25, -0.2) is 28.4 Å². The van der Waals surface area contributed by atoms with Gasteiger partial charge in [0, 0.05) is 55.9 Å². The first-order valence-electron chi connectivity index (χ1n) is 19.4. The molecule has 2 aromatic carbocycles. The van der Waals surface area contributed by atoms with E-state index in [1.54, 1.807) is 11.9 Å². The Kier molecular flexibility index (Phi) is 14.2. The number of hydrogen-bond donors (Lipinski definition) is 4. The molecular weight excluding hydrogens is 825 g/mol. The number of nitrogens with zero attached hydrogens (tertiary/aromatic N) is 12. The van der Waals surface area contributed by atoms with Crippen molar-refractivity contribution in [2.75, 3.05) is 60.1 Å². The van der Waals surface area contributed by atoms with Gasteiger partial charge in [-0.2, -0.15) is 30.7 Å². The van der Waals surface area contributed by atoms with Crippen LogP contribution in [0.4, 0.5) is 34.6 Å². The van der Waals surface area contributed by atoms with Crippen LogP contribution in [0.1, 0.15) is 63.8 Å². The van der Waals surface area contributed by atoms with E-state index in [1.807, 2.05) is 89.2 Å². The Morgan fingerprint density at radius 1 is 0.710 bits per heavy atom. The molecule has 0 fully saturated rings. The zero-order chi connectivity index (χ0) is 45.6. The summed E-state index contributed by atoms with van der Waals surface area (Å²) in [6, 6.07) is 16.0. The van der Waals surface area contributed by atoms with Crippen molar-refractivity contribution in [2.45, 2.75) is 65.7 Å². The molecule has 4 aromatic heterocycles. The zero-order valence-corrected chi connectivity index (χ0v) is 38.7. The number of aromatic amines is 2. The third kappa shape index (κ3) is 11.8. The maximum atomic E-state index is 12.3. The third-order valence-electron chi connectivity index (χ3n) is 8.98. The second-order valence-electron chi connectivity index (χ2n) is 17.1. The number of benzene rings is 2. The van der Waals surface area contributed by atoms with Crippen molar-refractivity contribution in [1.29, 1.82) is 10.5 Å². The van der Waals surface area contributed by atoms with Crippen LogP contribution in [0.15, 0.2) is 59.4 Å². The number of nitriles is 2. The average molecular weight is 877 g/mol. The number of rotatable bonds is 12. The fraction of sp³-hybridized carbons (Fsp3) is 0.381.